The molecule has 0 aromatic heterocycles. The Kier molecular flexibility index (Phi) is 5.47. The van der Waals surface area contributed by atoms with Crippen molar-refractivity contribution in [1.29, 1.82) is 0 Å². The van der Waals surface area contributed by atoms with E-state index in [9.17, 15) is 14.4 Å². The monoisotopic (exact) mass is 446 g/mol. The Labute approximate surface area is 194 Å². The number of carbonyl (C=O) groups excluding carboxylic acids is 3. The largest absolute Gasteiger partial charge is 0.486 e. The highest BCUT2D eigenvalue weighted by Crippen LogP contribution is 2.40. The van der Waals surface area contributed by atoms with Gasteiger partial charge in [0.25, 0.3) is 0 Å². The van der Waals surface area contributed by atoms with Crippen molar-refractivity contribution in [2.24, 2.45) is 5.92 Å². The fourth-order valence-corrected chi connectivity index (χ4v) is 5.46. The number of ether oxygens (including phenoxy) is 1. The number of aryl methyl sites for hydroxylation is 1. The number of carbonyl (C=O) groups is 3. The number of likely N-dealkylation sites (tertiary alicyclic amines) is 2. The van der Waals surface area contributed by atoms with Gasteiger partial charge in [-0.3, -0.25) is 14.4 Å². The molecule has 2 atom stereocenters. The normalized spacial score (nSPS) is 22.8. The second-order valence-corrected chi connectivity index (χ2v) is 9.74. The van der Waals surface area contributed by atoms with Gasteiger partial charge in [0.1, 0.15) is 11.4 Å². The first-order valence-corrected chi connectivity index (χ1v) is 11.8. The van der Waals surface area contributed by atoms with Gasteiger partial charge in [-0.2, -0.15) is 0 Å². The first-order valence-electron chi connectivity index (χ1n) is 11.8. The number of fused-ring (bicyclic) bond motifs is 1. The van der Waals surface area contributed by atoms with Crippen LogP contribution >= 0.6 is 0 Å². The molecule has 2 aromatic rings. The maximum absolute atomic E-state index is 13.3. The third-order valence-electron chi connectivity index (χ3n) is 7.49. The number of amides is 2. The van der Waals surface area contributed by atoms with Crippen LogP contribution in [0.1, 0.15) is 60.1 Å². The minimum atomic E-state index is -0.532. The fourth-order valence-electron chi connectivity index (χ4n) is 5.46. The van der Waals surface area contributed by atoms with E-state index in [1.165, 1.54) is 0 Å². The van der Waals surface area contributed by atoms with Crippen molar-refractivity contribution >= 4 is 17.6 Å². The van der Waals surface area contributed by atoms with Crippen LogP contribution < -0.4 is 4.74 Å². The van der Waals surface area contributed by atoms with E-state index in [1.54, 1.807) is 0 Å². The molecule has 2 saturated heterocycles. The lowest BCUT2D eigenvalue weighted by Crippen LogP contribution is -2.53. The number of rotatable bonds is 3. The number of nitrogens with zero attached hydrogens (tertiary/aromatic N) is 2. The molecule has 5 rings (SSSR count). The molecule has 2 aromatic carbocycles. The number of hydrogen-bond donors (Lipinski definition) is 0. The van der Waals surface area contributed by atoms with Gasteiger partial charge in [0, 0.05) is 38.9 Å². The van der Waals surface area contributed by atoms with Crippen LogP contribution in [0.15, 0.2) is 48.5 Å². The molecular formula is C27H30N2O4. The molecule has 2 fully saturated rings. The van der Waals surface area contributed by atoms with Gasteiger partial charge in [-0.25, -0.2) is 0 Å². The van der Waals surface area contributed by atoms with Crippen molar-refractivity contribution in [2.45, 2.75) is 51.2 Å². The predicted molar refractivity (Wildman–Crippen MR) is 124 cm³/mol. The summed E-state index contributed by atoms with van der Waals surface area (Å²) in [6.07, 6.45) is 1.88. The van der Waals surface area contributed by atoms with E-state index in [1.807, 2.05) is 72.2 Å². The zero-order valence-electron chi connectivity index (χ0n) is 19.3. The van der Waals surface area contributed by atoms with Crippen molar-refractivity contribution in [3.8, 4) is 5.75 Å². The van der Waals surface area contributed by atoms with E-state index in [-0.39, 0.29) is 36.0 Å². The topological polar surface area (TPSA) is 66.9 Å². The molecule has 3 heterocycles. The molecule has 0 saturated carbocycles. The lowest BCUT2D eigenvalue weighted by Gasteiger charge is -2.44. The molecule has 0 aliphatic carbocycles. The van der Waals surface area contributed by atoms with Crippen LogP contribution in [-0.2, 0) is 9.59 Å². The van der Waals surface area contributed by atoms with Gasteiger partial charge in [-0.15, -0.1) is 0 Å². The smallest absolute Gasteiger partial charge is 0.227 e. The molecule has 0 bridgehead atoms. The van der Waals surface area contributed by atoms with E-state index < -0.39 is 5.60 Å². The van der Waals surface area contributed by atoms with Gasteiger partial charge in [0.15, 0.2) is 5.78 Å². The zero-order valence-corrected chi connectivity index (χ0v) is 19.3. The Bertz CT molecular complexity index is 1090. The van der Waals surface area contributed by atoms with E-state index in [4.69, 9.17) is 4.74 Å². The Morgan fingerprint density at radius 2 is 1.82 bits per heavy atom. The highest BCUT2D eigenvalue weighted by molar-refractivity contribution is 6.00. The van der Waals surface area contributed by atoms with Crippen molar-refractivity contribution in [3.05, 3.63) is 65.2 Å². The number of hydrogen-bond acceptors (Lipinski definition) is 4. The van der Waals surface area contributed by atoms with Crippen LogP contribution in [0.5, 0.6) is 5.75 Å². The van der Waals surface area contributed by atoms with Gasteiger partial charge >= 0.3 is 0 Å². The summed E-state index contributed by atoms with van der Waals surface area (Å²) in [6.45, 7) is 5.54. The van der Waals surface area contributed by atoms with Gasteiger partial charge in [-0.05, 0) is 31.5 Å². The second kappa shape index (κ2) is 8.32. The summed E-state index contributed by atoms with van der Waals surface area (Å²) in [4.78, 5) is 42.4. The molecule has 3 aliphatic heterocycles. The summed E-state index contributed by atoms with van der Waals surface area (Å²) < 4.78 is 6.33. The Hall–Kier alpha value is -3.15. The minimum absolute atomic E-state index is 0.0336. The van der Waals surface area contributed by atoms with Crippen LogP contribution in [0.2, 0.25) is 0 Å². The first-order chi connectivity index (χ1) is 15.8. The SMILES string of the molecule is Cc1ccc2c(c1)C(=O)CC1(CCN(C(=O)C3CC(=O)N(C(C)c4ccccc4)C3)CC1)O2. The summed E-state index contributed by atoms with van der Waals surface area (Å²) in [7, 11) is 0. The Morgan fingerprint density at radius 3 is 2.55 bits per heavy atom. The van der Waals surface area contributed by atoms with Crippen molar-refractivity contribution in [3.63, 3.8) is 0 Å². The average molecular weight is 447 g/mol. The third kappa shape index (κ3) is 4.03. The van der Waals surface area contributed by atoms with Crippen molar-refractivity contribution in [1.82, 2.24) is 9.80 Å². The lowest BCUT2D eigenvalue weighted by molar-refractivity contribution is -0.139. The van der Waals surface area contributed by atoms with Crippen molar-refractivity contribution in [2.75, 3.05) is 19.6 Å². The lowest BCUT2D eigenvalue weighted by atomic mass is 9.82. The molecular weight excluding hydrogens is 416 g/mol. The van der Waals surface area contributed by atoms with Gasteiger partial charge < -0.3 is 14.5 Å². The molecule has 0 N–H and O–H groups in total. The first kappa shape index (κ1) is 21.7. The maximum Gasteiger partial charge on any atom is 0.227 e. The van der Waals surface area contributed by atoms with E-state index in [2.05, 4.69) is 0 Å². The highest BCUT2D eigenvalue weighted by Gasteiger charge is 2.45. The summed E-state index contributed by atoms with van der Waals surface area (Å²) in [5.74, 6) is 0.538. The summed E-state index contributed by atoms with van der Waals surface area (Å²) in [5.41, 5.74) is 2.25. The van der Waals surface area contributed by atoms with Crippen LogP contribution in [0.25, 0.3) is 0 Å². The molecule has 6 nitrogen and oxygen atoms in total. The summed E-state index contributed by atoms with van der Waals surface area (Å²) in [5, 5.41) is 0. The van der Waals surface area contributed by atoms with E-state index >= 15 is 0 Å². The van der Waals surface area contributed by atoms with Gasteiger partial charge in [-0.1, -0.05) is 42.0 Å². The average Bonchev–Trinajstić information content (AvgIpc) is 3.21. The summed E-state index contributed by atoms with van der Waals surface area (Å²) in [6, 6.07) is 15.6. The molecule has 0 radical (unpaired) electrons. The molecule has 3 aliphatic rings. The van der Waals surface area contributed by atoms with Crippen LogP contribution in [0.4, 0.5) is 0 Å². The standard InChI is InChI=1S/C27H30N2O4/c1-18-8-9-24-22(14-18)23(30)16-27(33-24)10-12-28(13-11-27)26(32)21-15-25(31)29(17-21)19(2)20-6-4-3-5-7-20/h3-9,14,19,21H,10-13,15-17H2,1-2H3. The molecule has 6 heteroatoms. The van der Waals surface area contributed by atoms with Crippen LogP contribution in [0, 0.1) is 12.8 Å². The summed E-state index contributed by atoms with van der Waals surface area (Å²) >= 11 is 0. The number of piperidine rings is 1. The quantitative estimate of drug-likeness (QED) is 0.717. The molecule has 2 unspecified atom stereocenters. The zero-order chi connectivity index (χ0) is 23.2. The molecule has 33 heavy (non-hydrogen) atoms. The van der Waals surface area contributed by atoms with E-state index in [0.717, 1.165) is 11.1 Å². The fraction of sp³-hybridized carbons (Fsp3) is 0.444. The Morgan fingerprint density at radius 1 is 1.09 bits per heavy atom. The molecule has 2 amide bonds. The van der Waals surface area contributed by atoms with Gasteiger partial charge in [0.05, 0.1) is 23.9 Å². The van der Waals surface area contributed by atoms with Crippen LogP contribution in [0.3, 0.4) is 0 Å². The van der Waals surface area contributed by atoms with E-state index in [0.29, 0.717) is 50.2 Å². The number of benzene rings is 2. The van der Waals surface area contributed by atoms with Crippen molar-refractivity contribution < 1.29 is 19.1 Å². The Balaban J connectivity index is 1.22. The highest BCUT2D eigenvalue weighted by atomic mass is 16.5. The third-order valence-corrected chi connectivity index (χ3v) is 7.49. The second-order valence-electron chi connectivity index (χ2n) is 9.74. The number of ketones is 1. The molecule has 1 spiro atoms. The predicted octanol–water partition coefficient (Wildman–Crippen LogP) is 3.93. The van der Waals surface area contributed by atoms with Crippen LogP contribution in [-0.4, -0.2) is 52.6 Å². The number of Topliss-reactive ketones (excluding diaryl/α,β-unsaturated/α-hetero) is 1. The minimum Gasteiger partial charge on any atom is -0.486 e. The maximum atomic E-state index is 13.3. The molecule has 172 valence electrons. The van der Waals surface area contributed by atoms with Gasteiger partial charge in [0.2, 0.25) is 11.8 Å².